The van der Waals surface area contributed by atoms with Crippen molar-refractivity contribution in [3.63, 3.8) is 0 Å². The summed E-state index contributed by atoms with van der Waals surface area (Å²) in [5.41, 5.74) is 1.25. The van der Waals surface area contributed by atoms with Gasteiger partial charge in [-0.15, -0.1) is 0 Å². The minimum atomic E-state index is 0.501. The van der Waals surface area contributed by atoms with Crippen LogP contribution in [0.3, 0.4) is 0 Å². The molecule has 1 aliphatic carbocycles. The smallest absolute Gasteiger partial charge is 0.227 e. The molecule has 0 amide bonds. The molecule has 3 aromatic rings. The summed E-state index contributed by atoms with van der Waals surface area (Å²) in [5.74, 6) is 3.32. The number of nitrogens with one attached hydrogen (secondary N) is 2. The Balaban J connectivity index is 1.31. The van der Waals surface area contributed by atoms with Crippen molar-refractivity contribution in [1.82, 2.24) is 15.3 Å². The Hall–Kier alpha value is -2.86. The number of anilines is 2. The largest absolute Gasteiger partial charge is 0.496 e. The summed E-state index contributed by atoms with van der Waals surface area (Å²) in [6.45, 7) is 1.86. The first kappa shape index (κ1) is 21.4. The molecule has 0 bridgehead atoms. The first-order valence-electron chi connectivity index (χ1n) is 11.2. The molecule has 0 radical (unpaired) electrons. The number of rotatable bonds is 8. The van der Waals surface area contributed by atoms with Crippen molar-refractivity contribution in [2.24, 2.45) is 5.92 Å². The topological polar surface area (TPSA) is 62.3 Å². The fourth-order valence-electron chi connectivity index (χ4n) is 4.65. The van der Waals surface area contributed by atoms with Crippen molar-refractivity contribution in [3.8, 4) is 5.75 Å². The van der Waals surface area contributed by atoms with E-state index in [-0.39, 0.29) is 0 Å². The van der Waals surface area contributed by atoms with Crippen LogP contribution in [0.25, 0.3) is 10.8 Å². The molecule has 0 atom stereocenters. The Bertz CT molecular complexity index is 1000. The maximum Gasteiger partial charge on any atom is 0.227 e. The quantitative estimate of drug-likeness (QED) is 0.562. The highest BCUT2D eigenvalue weighted by molar-refractivity contribution is 5.87. The monoisotopic (exact) mass is 419 g/mol. The van der Waals surface area contributed by atoms with E-state index in [1.807, 2.05) is 19.3 Å². The molecule has 4 rings (SSSR count). The number of nitrogens with zero attached hydrogens (tertiary/aromatic N) is 3. The van der Waals surface area contributed by atoms with Crippen LogP contribution < -0.4 is 20.3 Å². The molecule has 6 heteroatoms. The number of fused-ring (bicyclic) bond motifs is 1. The zero-order valence-electron chi connectivity index (χ0n) is 18.8. The molecule has 31 heavy (non-hydrogen) atoms. The van der Waals surface area contributed by atoms with Crippen LogP contribution in [0.5, 0.6) is 5.75 Å². The third kappa shape index (κ3) is 4.90. The summed E-state index contributed by atoms with van der Waals surface area (Å²) in [6.07, 6.45) is 6.61. The standard InChI is InChI=1S/C25H33N5O/c1-26-24-14-15-28-25(29-24)30(2)20-11-8-18(9-12-20)16-27-17-22-21-7-5-4-6-19(21)10-13-23(22)31-3/h4-7,10,13-15,18,20,27H,8-9,11-12,16-17H2,1-3H3,(H,26,28,29). The Morgan fingerprint density at radius 2 is 1.87 bits per heavy atom. The number of benzene rings is 2. The van der Waals surface area contributed by atoms with Crippen LogP contribution in [-0.2, 0) is 6.54 Å². The SMILES string of the molecule is CNc1ccnc(N(C)C2CCC(CNCc3c(OC)ccc4ccccc34)CC2)n1. The first-order valence-corrected chi connectivity index (χ1v) is 11.2. The number of aromatic nitrogens is 2. The molecule has 1 aliphatic rings. The summed E-state index contributed by atoms with van der Waals surface area (Å²) in [5, 5.41) is 9.32. The zero-order chi connectivity index (χ0) is 21.6. The van der Waals surface area contributed by atoms with Gasteiger partial charge in [-0.25, -0.2) is 4.98 Å². The zero-order valence-corrected chi connectivity index (χ0v) is 18.8. The highest BCUT2D eigenvalue weighted by Gasteiger charge is 2.25. The predicted octanol–water partition coefficient (Wildman–Crippen LogP) is 4.46. The van der Waals surface area contributed by atoms with Crippen molar-refractivity contribution in [3.05, 3.63) is 54.2 Å². The van der Waals surface area contributed by atoms with Crippen LogP contribution in [-0.4, -0.2) is 43.8 Å². The van der Waals surface area contributed by atoms with E-state index in [1.165, 1.54) is 42.0 Å². The van der Waals surface area contributed by atoms with Crippen molar-refractivity contribution >= 4 is 22.5 Å². The summed E-state index contributed by atoms with van der Waals surface area (Å²) >= 11 is 0. The van der Waals surface area contributed by atoms with Gasteiger partial charge in [-0.1, -0.05) is 30.3 Å². The summed E-state index contributed by atoms with van der Waals surface area (Å²) in [7, 11) is 5.75. The predicted molar refractivity (Wildman–Crippen MR) is 128 cm³/mol. The van der Waals surface area contributed by atoms with E-state index >= 15 is 0 Å². The van der Waals surface area contributed by atoms with Crippen LogP contribution in [0.1, 0.15) is 31.2 Å². The first-order chi connectivity index (χ1) is 15.2. The van der Waals surface area contributed by atoms with Gasteiger partial charge in [0.1, 0.15) is 11.6 Å². The molecular formula is C25H33N5O. The Morgan fingerprint density at radius 3 is 2.65 bits per heavy atom. The second kappa shape index (κ2) is 9.96. The second-order valence-corrected chi connectivity index (χ2v) is 8.38. The van der Waals surface area contributed by atoms with Crippen molar-refractivity contribution in [2.45, 2.75) is 38.3 Å². The fourth-order valence-corrected chi connectivity index (χ4v) is 4.65. The fraction of sp³-hybridized carbons (Fsp3) is 0.440. The van der Waals surface area contributed by atoms with E-state index in [2.05, 4.69) is 68.9 Å². The molecule has 0 spiro atoms. The molecule has 1 saturated carbocycles. The van der Waals surface area contributed by atoms with Crippen molar-refractivity contribution < 1.29 is 4.74 Å². The van der Waals surface area contributed by atoms with Gasteiger partial charge >= 0.3 is 0 Å². The van der Waals surface area contributed by atoms with Gasteiger partial charge in [-0.3, -0.25) is 0 Å². The Labute approximate surface area is 185 Å². The summed E-state index contributed by atoms with van der Waals surface area (Å²) in [6, 6.07) is 15.1. The Morgan fingerprint density at radius 1 is 1.06 bits per heavy atom. The van der Waals surface area contributed by atoms with Crippen LogP contribution >= 0.6 is 0 Å². The number of hydrogen-bond donors (Lipinski definition) is 2. The lowest BCUT2D eigenvalue weighted by Crippen LogP contribution is -2.38. The maximum absolute atomic E-state index is 5.63. The highest BCUT2D eigenvalue weighted by Crippen LogP contribution is 2.30. The molecule has 0 unspecified atom stereocenters. The number of hydrogen-bond acceptors (Lipinski definition) is 6. The van der Waals surface area contributed by atoms with E-state index in [4.69, 9.17) is 4.74 Å². The van der Waals surface area contributed by atoms with Crippen LogP contribution in [0, 0.1) is 5.92 Å². The van der Waals surface area contributed by atoms with Gasteiger partial charge in [-0.05, 0) is 61.1 Å². The molecular weight excluding hydrogens is 386 g/mol. The lowest BCUT2D eigenvalue weighted by atomic mass is 9.85. The van der Waals surface area contributed by atoms with E-state index in [1.54, 1.807) is 7.11 Å². The molecule has 6 nitrogen and oxygen atoms in total. The summed E-state index contributed by atoms with van der Waals surface area (Å²) in [4.78, 5) is 11.3. The van der Waals surface area contributed by atoms with E-state index in [9.17, 15) is 0 Å². The van der Waals surface area contributed by atoms with Gasteiger partial charge in [0.2, 0.25) is 5.95 Å². The van der Waals surface area contributed by atoms with Gasteiger partial charge in [0.15, 0.2) is 0 Å². The maximum atomic E-state index is 5.63. The van der Waals surface area contributed by atoms with Crippen LogP contribution in [0.15, 0.2) is 48.7 Å². The molecule has 2 N–H and O–H groups in total. The van der Waals surface area contributed by atoms with Gasteiger partial charge in [-0.2, -0.15) is 4.98 Å². The molecule has 164 valence electrons. The van der Waals surface area contributed by atoms with E-state index in [0.717, 1.165) is 30.6 Å². The average Bonchev–Trinajstić information content (AvgIpc) is 2.84. The highest BCUT2D eigenvalue weighted by atomic mass is 16.5. The van der Waals surface area contributed by atoms with Crippen LogP contribution in [0.4, 0.5) is 11.8 Å². The third-order valence-electron chi connectivity index (χ3n) is 6.53. The molecule has 1 heterocycles. The minimum absolute atomic E-state index is 0.501. The number of ether oxygens (including phenoxy) is 1. The second-order valence-electron chi connectivity index (χ2n) is 8.38. The van der Waals surface area contributed by atoms with Crippen LogP contribution in [0.2, 0.25) is 0 Å². The van der Waals surface area contributed by atoms with Gasteiger partial charge < -0.3 is 20.3 Å². The van der Waals surface area contributed by atoms with Crippen molar-refractivity contribution in [2.75, 3.05) is 38.0 Å². The van der Waals surface area contributed by atoms with Gasteiger partial charge in [0.25, 0.3) is 0 Å². The van der Waals surface area contributed by atoms with E-state index < -0.39 is 0 Å². The van der Waals surface area contributed by atoms with Gasteiger partial charge in [0.05, 0.1) is 7.11 Å². The molecule has 1 aromatic heterocycles. The summed E-state index contributed by atoms with van der Waals surface area (Å²) < 4.78 is 5.63. The molecule has 1 fully saturated rings. The third-order valence-corrected chi connectivity index (χ3v) is 6.53. The van der Waals surface area contributed by atoms with E-state index in [0.29, 0.717) is 12.0 Å². The lowest BCUT2D eigenvalue weighted by molar-refractivity contribution is 0.307. The molecule has 0 aliphatic heterocycles. The Kier molecular flexibility index (Phi) is 6.87. The van der Waals surface area contributed by atoms with Crippen molar-refractivity contribution in [1.29, 1.82) is 0 Å². The minimum Gasteiger partial charge on any atom is -0.496 e. The van der Waals surface area contributed by atoms with Gasteiger partial charge in [0, 0.05) is 38.4 Å². The molecule has 0 saturated heterocycles. The number of methoxy groups -OCH3 is 1. The molecule has 2 aromatic carbocycles. The normalized spacial score (nSPS) is 18.7. The lowest BCUT2D eigenvalue weighted by Gasteiger charge is -2.35. The average molecular weight is 420 g/mol.